The highest BCUT2D eigenvalue weighted by molar-refractivity contribution is 5.75. The highest BCUT2D eigenvalue weighted by Gasteiger charge is 2.07. The molecule has 0 saturated heterocycles. The average Bonchev–Trinajstić information content (AvgIpc) is 2.45. The quantitative estimate of drug-likeness (QED) is 0.695. The molecule has 0 amide bonds. The van der Waals surface area contributed by atoms with Crippen molar-refractivity contribution in [3.8, 4) is 11.5 Å². The second kappa shape index (κ2) is 6.62. The smallest absolute Gasteiger partial charge is 0.317 e. The lowest BCUT2D eigenvalue weighted by Crippen LogP contribution is -2.16. The first-order chi connectivity index (χ1) is 10.1. The molecule has 1 aromatic rings. The van der Waals surface area contributed by atoms with Gasteiger partial charge in [-0.15, -0.1) is 0 Å². The van der Waals surface area contributed by atoms with E-state index in [-0.39, 0.29) is 12.0 Å². The van der Waals surface area contributed by atoms with Gasteiger partial charge in [-0.05, 0) is 31.3 Å². The molecule has 1 aliphatic carbocycles. The normalized spacial score (nSPS) is 10.1. The zero-order valence-electron chi connectivity index (χ0n) is 11.4. The van der Waals surface area contributed by atoms with Crippen molar-refractivity contribution in [1.82, 2.24) is 10.3 Å². The van der Waals surface area contributed by atoms with Crippen LogP contribution >= 0.6 is 0 Å². The first-order valence-electron chi connectivity index (χ1n) is 6.26. The molecule has 0 atom stereocenters. The van der Waals surface area contributed by atoms with Crippen LogP contribution in [0.15, 0.2) is 51.7 Å². The molecule has 2 N–H and O–H groups in total. The number of aromatic nitrogens is 1. The Morgan fingerprint density at radius 2 is 2.05 bits per heavy atom. The van der Waals surface area contributed by atoms with Gasteiger partial charge in [-0.25, -0.2) is 4.98 Å². The number of aliphatic carboxylic acids is 1. The topological polar surface area (TPSA) is 92.4 Å². The van der Waals surface area contributed by atoms with Crippen LogP contribution in [0.5, 0.6) is 0 Å². The van der Waals surface area contributed by atoms with E-state index in [4.69, 9.17) is 9.52 Å². The van der Waals surface area contributed by atoms with Crippen molar-refractivity contribution >= 4 is 17.1 Å². The summed E-state index contributed by atoms with van der Waals surface area (Å²) in [5, 5.41) is 10.3. The number of carboxylic acids is 1. The van der Waals surface area contributed by atoms with E-state index in [0.717, 1.165) is 5.52 Å². The van der Waals surface area contributed by atoms with Crippen molar-refractivity contribution in [1.29, 1.82) is 0 Å². The summed E-state index contributed by atoms with van der Waals surface area (Å²) >= 11 is 0. The largest absolute Gasteiger partial charge is 0.480 e. The Morgan fingerprint density at radius 1 is 1.29 bits per heavy atom. The lowest BCUT2D eigenvalue weighted by Gasteiger charge is -2.04. The maximum absolute atomic E-state index is 11.1. The van der Waals surface area contributed by atoms with Gasteiger partial charge in [0.15, 0.2) is 16.8 Å². The zero-order chi connectivity index (χ0) is 15.2. The molecule has 0 saturated carbocycles. The predicted molar refractivity (Wildman–Crippen MR) is 78.5 cm³/mol. The first-order valence-corrected chi connectivity index (χ1v) is 6.26. The van der Waals surface area contributed by atoms with E-state index in [1.165, 1.54) is 12.1 Å². The van der Waals surface area contributed by atoms with Crippen LogP contribution in [0.25, 0.3) is 22.6 Å². The number of likely N-dealkylation sites (N-methyl/N-ethyl adjacent to an activating group) is 1. The maximum Gasteiger partial charge on any atom is 0.317 e. The van der Waals surface area contributed by atoms with E-state index >= 15 is 0 Å². The second-order valence-corrected chi connectivity index (χ2v) is 4.24. The number of carbonyl (C=O) groups is 1. The van der Waals surface area contributed by atoms with Crippen molar-refractivity contribution in [2.24, 2.45) is 0 Å². The number of carboxylic acid groups (broad SMARTS) is 1. The number of benzene rings is 2. The Labute approximate surface area is 120 Å². The van der Waals surface area contributed by atoms with Gasteiger partial charge in [-0.1, -0.05) is 12.1 Å². The minimum atomic E-state index is -0.822. The number of nitrogens with zero attached hydrogens (tertiary/aromatic N) is 1. The molecule has 1 aliphatic heterocycles. The summed E-state index contributed by atoms with van der Waals surface area (Å²) in [6, 6.07) is 12.1. The van der Waals surface area contributed by atoms with Gasteiger partial charge >= 0.3 is 5.97 Å². The van der Waals surface area contributed by atoms with Crippen molar-refractivity contribution in [3.05, 3.63) is 52.7 Å². The van der Waals surface area contributed by atoms with Gasteiger partial charge in [-0.3, -0.25) is 9.59 Å². The second-order valence-electron chi connectivity index (χ2n) is 4.24. The Balaban J connectivity index is 0.000000232. The zero-order valence-corrected chi connectivity index (χ0v) is 11.4. The molecule has 21 heavy (non-hydrogen) atoms. The Hall–Kier alpha value is -2.73. The molecule has 0 bridgehead atoms. The van der Waals surface area contributed by atoms with Gasteiger partial charge in [0.1, 0.15) is 11.2 Å². The molecular formula is C15H14N2O4. The van der Waals surface area contributed by atoms with Gasteiger partial charge in [0.05, 0.1) is 6.54 Å². The monoisotopic (exact) mass is 286 g/mol. The Kier molecular flexibility index (Phi) is 4.63. The molecule has 6 nitrogen and oxygen atoms in total. The van der Waals surface area contributed by atoms with Crippen LogP contribution in [0.2, 0.25) is 0 Å². The molecule has 2 aliphatic rings. The fourth-order valence-corrected chi connectivity index (χ4v) is 1.70. The van der Waals surface area contributed by atoms with Crippen LogP contribution in [-0.2, 0) is 4.79 Å². The first kappa shape index (κ1) is 14.7. The van der Waals surface area contributed by atoms with Crippen molar-refractivity contribution < 1.29 is 14.3 Å². The summed E-state index contributed by atoms with van der Waals surface area (Å²) in [5.74, 6) is -0.293. The molecule has 3 rings (SSSR count). The lowest BCUT2D eigenvalue weighted by molar-refractivity contribution is -0.135. The molecule has 0 aromatic heterocycles. The predicted octanol–water partition coefficient (Wildman–Crippen LogP) is 1.58. The third-order valence-electron chi connectivity index (χ3n) is 2.59. The van der Waals surface area contributed by atoms with Crippen LogP contribution in [0.1, 0.15) is 0 Å². The van der Waals surface area contributed by atoms with Crippen molar-refractivity contribution in [2.45, 2.75) is 0 Å². The van der Waals surface area contributed by atoms with Gasteiger partial charge in [-0.2, -0.15) is 0 Å². The number of fused-ring (bicyclic) bond motifs is 2. The van der Waals surface area contributed by atoms with Gasteiger partial charge < -0.3 is 14.8 Å². The van der Waals surface area contributed by atoms with Gasteiger partial charge in [0, 0.05) is 6.07 Å². The molecule has 0 unspecified atom stereocenters. The van der Waals surface area contributed by atoms with E-state index in [0.29, 0.717) is 17.0 Å². The minimum Gasteiger partial charge on any atom is -0.480 e. The van der Waals surface area contributed by atoms with Crippen LogP contribution < -0.4 is 10.7 Å². The molecule has 1 heterocycles. The molecule has 0 radical (unpaired) electrons. The van der Waals surface area contributed by atoms with E-state index in [9.17, 15) is 9.59 Å². The van der Waals surface area contributed by atoms with Crippen LogP contribution in [0, 0.1) is 0 Å². The highest BCUT2D eigenvalue weighted by atomic mass is 16.4. The summed E-state index contributed by atoms with van der Waals surface area (Å²) in [6.45, 7) is 0.0417. The van der Waals surface area contributed by atoms with Crippen LogP contribution in [0.3, 0.4) is 0 Å². The molecule has 108 valence electrons. The fourth-order valence-electron chi connectivity index (χ4n) is 1.70. The summed E-state index contributed by atoms with van der Waals surface area (Å²) in [5.41, 5.74) is 2.12. The summed E-state index contributed by atoms with van der Waals surface area (Å²) < 4.78 is 5.56. The Bertz CT molecular complexity index is 782. The van der Waals surface area contributed by atoms with E-state index < -0.39 is 5.97 Å². The number of hydrogen-bond donors (Lipinski definition) is 2. The molecule has 0 spiro atoms. The standard InChI is InChI=1S/C12H7NO2.C3H7NO2/c14-8-5-6-10-12(7-8)15-11-4-2-1-3-9(11)13-10;1-4-2-3(5)6/h1-7H;4H,2H2,1H3,(H,5,6). The van der Waals surface area contributed by atoms with E-state index in [1.54, 1.807) is 13.1 Å². The number of para-hydroxylation sites is 2. The molecule has 1 aromatic carbocycles. The molecule has 0 fully saturated rings. The highest BCUT2D eigenvalue weighted by Crippen LogP contribution is 2.22. The van der Waals surface area contributed by atoms with E-state index in [1.807, 2.05) is 24.3 Å². The van der Waals surface area contributed by atoms with E-state index in [2.05, 4.69) is 10.3 Å². The fraction of sp³-hybridized carbons (Fsp3) is 0.133. The summed E-state index contributed by atoms with van der Waals surface area (Å²) in [4.78, 5) is 25.1. The summed E-state index contributed by atoms with van der Waals surface area (Å²) in [6.07, 6.45) is 0. The lowest BCUT2D eigenvalue weighted by atomic mass is 10.2. The third kappa shape index (κ3) is 3.87. The van der Waals surface area contributed by atoms with Crippen LogP contribution in [-0.4, -0.2) is 29.7 Å². The van der Waals surface area contributed by atoms with Gasteiger partial charge in [0.25, 0.3) is 0 Å². The van der Waals surface area contributed by atoms with Crippen LogP contribution in [0.4, 0.5) is 0 Å². The molecule has 6 heteroatoms. The van der Waals surface area contributed by atoms with Crippen molar-refractivity contribution in [3.63, 3.8) is 0 Å². The Morgan fingerprint density at radius 3 is 2.71 bits per heavy atom. The number of rotatable bonds is 2. The van der Waals surface area contributed by atoms with Gasteiger partial charge in [0.2, 0.25) is 0 Å². The minimum absolute atomic E-state index is 0.0417. The SMILES string of the molecule is CNCC(=O)O.O=c1ccc2nc3ccccc3oc-2c1. The third-order valence-corrected chi connectivity index (χ3v) is 2.59. The molecular weight excluding hydrogens is 272 g/mol. The maximum atomic E-state index is 11.1. The number of hydrogen-bond acceptors (Lipinski definition) is 5. The average molecular weight is 286 g/mol. The number of nitrogens with one attached hydrogen (secondary N) is 1. The summed E-state index contributed by atoms with van der Waals surface area (Å²) in [7, 11) is 1.59. The van der Waals surface area contributed by atoms with Crippen molar-refractivity contribution in [2.75, 3.05) is 13.6 Å².